The van der Waals surface area contributed by atoms with Crippen LogP contribution >= 0.6 is 0 Å². The molecular weight excluding hydrogens is 308 g/mol. The molecule has 0 aliphatic heterocycles. The second-order valence-electron chi connectivity index (χ2n) is 6.99. The lowest BCUT2D eigenvalue weighted by Gasteiger charge is -2.24. The molecule has 1 nitrogen and oxygen atoms in total. The van der Waals surface area contributed by atoms with Gasteiger partial charge in [-0.15, -0.1) is 6.58 Å². The number of benzene rings is 2. The molecule has 0 aliphatic rings. The second kappa shape index (κ2) is 8.70. The Hall–Kier alpha value is -2.06. The van der Waals surface area contributed by atoms with Crippen LogP contribution in [0.2, 0.25) is 19.6 Å². The molecule has 0 saturated carbocycles. The Bertz CT molecular complexity index is 653. The lowest BCUT2D eigenvalue weighted by atomic mass is 9.92. The summed E-state index contributed by atoms with van der Waals surface area (Å²) in [5, 5.41) is 0. The molecule has 0 saturated heterocycles. The molecule has 2 rings (SSSR count). The zero-order valence-corrected chi connectivity index (χ0v) is 16.0. The summed E-state index contributed by atoms with van der Waals surface area (Å²) >= 11 is 0. The third kappa shape index (κ3) is 5.86. The van der Waals surface area contributed by atoms with Crippen molar-refractivity contribution in [1.82, 2.24) is 0 Å². The molecule has 0 fully saturated rings. The Balaban J connectivity index is 2.41. The van der Waals surface area contributed by atoms with Gasteiger partial charge in [-0.2, -0.15) is 0 Å². The van der Waals surface area contributed by atoms with Crippen LogP contribution in [-0.4, -0.2) is 8.32 Å². The maximum atomic E-state index is 6.43. The molecule has 126 valence electrons. The van der Waals surface area contributed by atoms with Crippen molar-refractivity contribution in [1.29, 1.82) is 0 Å². The largest absolute Gasteiger partial charge is 0.544 e. The first kappa shape index (κ1) is 18.3. The van der Waals surface area contributed by atoms with Crippen molar-refractivity contribution < 1.29 is 4.43 Å². The van der Waals surface area contributed by atoms with Gasteiger partial charge >= 0.3 is 0 Å². The van der Waals surface area contributed by atoms with Crippen molar-refractivity contribution >= 4 is 14.1 Å². The lowest BCUT2D eigenvalue weighted by Crippen LogP contribution is -2.24. The molecule has 0 N–H and O–H groups in total. The molecule has 2 aromatic rings. The van der Waals surface area contributed by atoms with E-state index in [-0.39, 0.29) is 0 Å². The van der Waals surface area contributed by atoms with Gasteiger partial charge in [-0.05, 0) is 44.1 Å². The highest BCUT2D eigenvalue weighted by atomic mass is 28.4. The summed E-state index contributed by atoms with van der Waals surface area (Å²) in [6, 6.07) is 21.1. The van der Waals surface area contributed by atoms with E-state index in [1.807, 2.05) is 12.1 Å². The van der Waals surface area contributed by atoms with Crippen LogP contribution in [0.15, 0.2) is 79.4 Å². The van der Waals surface area contributed by atoms with E-state index in [4.69, 9.17) is 4.43 Å². The summed E-state index contributed by atoms with van der Waals surface area (Å²) in [5.74, 6) is 1.34. The third-order valence-corrected chi connectivity index (χ3v) is 4.57. The van der Waals surface area contributed by atoms with E-state index in [1.165, 1.54) is 5.56 Å². The van der Waals surface area contributed by atoms with Crippen molar-refractivity contribution in [2.24, 2.45) is 0 Å². The summed E-state index contributed by atoms with van der Waals surface area (Å²) in [6.45, 7) is 10.6. The van der Waals surface area contributed by atoms with Crippen molar-refractivity contribution in [2.75, 3.05) is 0 Å². The maximum absolute atomic E-state index is 6.43. The van der Waals surface area contributed by atoms with Crippen LogP contribution < -0.4 is 0 Å². The first-order valence-electron chi connectivity index (χ1n) is 8.62. The van der Waals surface area contributed by atoms with Gasteiger partial charge in [0.15, 0.2) is 0 Å². The number of hydrogen-bond donors (Lipinski definition) is 0. The van der Waals surface area contributed by atoms with Crippen LogP contribution in [0.25, 0.3) is 5.76 Å². The van der Waals surface area contributed by atoms with Crippen LogP contribution in [0, 0.1) is 0 Å². The fraction of sp³-hybridized carbons (Fsp3) is 0.273. The molecule has 0 aliphatic carbocycles. The van der Waals surface area contributed by atoms with E-state index < -0.39 is 8.32 Å². The van der Waals surface area contributed by atoms with Gasteiger partial charge < -0.3 is 4.43 Å². The smallest absolute Gasteiger partial charge is 0.242 e. The zero-order chi connectivity index (χ0) is 17.4. The van der Waals surface area contributed by atoms with Gasteiger partial charge in [0.2, 0.25) is 8.32 Å². The average Bonchev–Trinajstić information content (AvgIpc) is 2.58. The molecule has 0 bridgehead atoms. The Morgan fingerprint density at radius 2 is 1.58 bits per heavy atom. The van der Waals surface area contributed by atoms with Gasteiger partial charge in [0.25, 0.3) is 0 Å². The van der Waals surface area contributed by atoms with Gasteiger partial charge in [-0.1, -0.05) is 66.7 Å². The van der Waals surface area contributed by atoms with Crippen LogP contribution in [-0.2, 0) is 4.43 Å². The number of allylic oxidation sites excluding steroid dienone is 2. The minimum Gasteiger partial charge on any atom is -0.544 e. The molecule has 1 unspecified atom stereocenters. The van der Waals surface area contributed by atoms with Gasteiger partial charge in [0, 0.05) is 11.5 Å². The molecule has 2 aromatic carbocycles. The fourth-order valence-electron chi connectivity index (χ4n) is 2.65. The Morgan fingerprint density at radius 3 is 2.12 bits per heavy atom. The Labute approximate surface area is 147 Å². The fourth-order valence-corrected chi connectivity index (χ4v) is 3.49. The summed E-state index contributed by atoms with van der Waals surface area (Å²) in [6.07, 6.45) is 6.32. The van der Waals surface area contributed by atoms with Crippen LogP contribution in [0.5, 0.6) is 0 Å². The van der Waals surface area contributed by atoms with Crippen molar-refractivity contribution in [3.05, 3.63) is 90.5 Å². The topological polar surface area (TPSA) is 9.23 Å². The van der Waals surface area contributed by atoms with E-state index in [2.05, 4.69) is 86.9 Å². The molecule has 0 spiro atoms. The highest BCUT2D eigenvalue weighted by Gasteiger charge is 2.20. The van der Waals surface area contributed by atoms with E-state index in [0.717, 1.165) is 24.2 Å². The predicted octanol–water partition coefficient (Wildman–Crippen LogP) is 6.63. The highest BCUT2D eigenvalue weighted by molar-refractivity contribution is 6.70. The standard InChI is InChI=1S/C22H28OSi/c1-5-6-13-21(19-14-9-7-10-15-19)18-22(23-24(2,3)4)20-16-11-8-12-17-20/h5,7-12,14-18,21H,1,6,13H2,2-4H3/b22-18-. The first-order valence-corrected chi connectivity index (χ1v) is 12.0. The van der Waals surface area contributed by atoms with E-state index in [1.54, 1.807) is 0 Å². The molecule has 0 radical (unpaired) electrons. The summed E-state index contributed by atoms with van der Waals surface area (Å²) in [4.78, 5) is 0. The number of rotatable bonds is 8. The molecule has 0 heterocycles. The third-order valence-electron chi connectivity index (χ3n) is 3.74. The highest BCUT2D eigenvalue weighted by Crippen LogP contribution is 2.29. The molecule has 1 atom stereocenters. The SMILES string of the molecule is C=CCCC(/C=C(\O[Si](C)(C)C)c1ccccc1)c1ccccc1. The predicted molar refractivity (Wildman–Crippen MR) is 107 cm³/mol. The van der Waals surface area contributed by atoms with Crippen LogP contribution in [0.3, 0.4) is 0 Å². The molecule has 0 aromatic heterocycles. The lowest BCUT2D eigenvalue weighted by molar-refractivity contribution is 0.509. The van der Waals surface area contributed by atoms with E-state index in [9.17, 15) is 0 Å². The summed E-state index contributed by atoms with van der Waals surface area (Å²) < 4.78 is 6.43. The van der Waals surface area contributed by atoms with Crippen molar-refractivity contribution in [2.45, 2.75) is 38.4 Å². The Morgan fingerprint density at radius 1 is 1.00 bits per heavy atom. The number of hydrogen-bond acceptors (Lipinski definition) is 1. The Kier molecular flexibility index (Phi) is 6.62. The first-order chi connectivity index (χ1) is 11.5. The minimum atomic E-state index is -1.69. The van der Waals surface area contributed by atoms with Gasteiger partial charge in [-0.3, -0.25) is 0 Å². The maximum Gasteiger partial charge on any atom is 0.242 e. The summed E-state index contributed by atoms with van der Waals surface area (Å²) in [5.41, 5.74) is 2.48. The minimum absolute atomic E-state index is 0.329. The van der Waals surface area contributed by atoms with Gasteiger partial charge in [0.05, 0.1) is 0 Å². The molecule has 2 heteroatoms. The monoisotopic (exact) mass is 336 g/mol. The molecule has 24 heavy (non-hydrogen) atoms. The average molecular weight is 337 g/mol. The quantitative estimate of drug-likeness (QED) is 0.299. The van der Waals surface area contributed by atoms with Crippen molar-refractivity contribution in [3.8, 4) is 0 Å². The zero-order valence-electron chi connectivity index (χ0n) is 15.0. The van der Waals surface area contributed by atoms with Crippen LogP contribution in [0.1, 0.15) is 29.9 Å². The molecule has 0 amide bonds. The van der Waals surface area contributed by atoms with E-state index in [0.29, 0.717) is 5.92 Å². The second-order valence-corrected chi connectivity index (χ2v) is 11.4. The van der Waals surface area contributed by atoms with E-state index >= 15 is 0 Å². The van der Waals surface area contributed by atoms with Gasteiger partial charge in [0.1, 0.15) is 5.76 Å². The van der Waals surface area contributed by atoms with Crippen LogP contribution in [0.4, 0.5) is 0 Å². The summed E-state index contributed by atoms with van der Waals surface area (Å²) in [7, 11) is -1.69. The van der Waals surface area contributed by atoms with Crippen molar-refractivity contribution in [3.63, 3.8) is 0 Å². The molecular formula is C22H28OSi. The van der Waals surface area contributed by atoms with Gasteiger partial charge in [-0.25, -0.2) is 0 Å². The normalized spacial score (nSPS) is 13.4.